The molecule has 0 aromatic carbocycles. The van der Waals surface area contributed by atoms with Gasteiger partial charge in [-0.3, -0.25) is 4.79 Å². The molecule has 1 aliphatic heterocycles. The molecule has 1 aliphatic carbocycles. The van der Waals surface area contributed by atoms with E-state index in [1.807, 2.05) is 0 Å². The van der Waals surface area contributed by atoms with Crippen LogP contribution in [0, 0.1) is 11.8 Å². The van der Waals surface area contributed by atoms with Crippen LogP contribution >= 0.6 is 0 Å². The first kappa shape index (κ1) is 10.9. The predicted octanol–water partition coefficient (Wildman–Crippen LogP) is 1.24. The second-order valence-corrected chi connectivity index (χ2v) is 5.28. The summed E-state index contributed by atoms with van der Waals surface area (Å²) >= 11 is 0. The lowest BCUT2D eigenvalue weighted by molar-refractivity contribution is -0.139. The minimum absolute atomic E-state index is 0.248. The molecular weight excluding hydrogens is 188 g/mol. The smallest absolute Gasteiger partial charge is 0.226 e. The summed E-state index contributed by atoms with van der Waals surface area (Å²) in [5.41, 5.74) is 0. The molecule has 0 spiro atoms. The first-order valence-corrected chi connectivity index (χ1v) is 6.13. The largest absolute Gasteiger partial charge is 0.337 e. The maximum Gasteiger partial charge on any atom is 0.226 e. The lowest BCUT2D eigenvalue weighted by Crippen LogP contribution is -2.57. The van der Waals surface area contributed by atoms with Gasteiger partial charge in [0.1, 0.15) is 0 Å². The summed E-state index contributed by atoms with van der Waals surface area (Å²) in [4.78, 5) is 14.3. The topological polar surface area (TPSA) is 32.3 Å². The summed E-state index contributed by atoms with van der Waals surface area (Å²) in [5, 5.41) is 3.41. The van der Waals surface area contributed by atoms with Crippen LogP contribution in [0.25, 0.3) is 0 Å². The van der Waals surface area contributed by atoms with Crippen molar-refractivity contribution in [1.29, 1.82) is 0 Å². The number of rotatable bonds is 2. The number of nitrogens with one attached hydrogen (secondary N) is 1. The maximum atomic E-state index is 12.2. The van der Waals surface area contributed by atoms with Crippen molar-refractivity contribution in [2.75, 3.05) is 13.1 Å². The van der Waals surface area contributed by atoms with Gasteiger partial charge in [0.15, 0.2) is 0 Å². The molecule has 2 rings (SSSR count). The quantitative estimate of drug-likeness (QED) is 0.744. The molecule has 0 bridgehead atoms. The van der Waals surface area contributed by atoms with Crippen molar-refractivity contribution >= 4 is 5.91 Å². The number of hydrogen-bond donors (Lipinski definition) is 1. The second-order valence-electron chi connectivity index (χ2n) is 5.28. The monoisotopic (exact) mass is 210 g/mol. The lowest BCUT2D eigenvalue weighted by Gasteiger charge is -2.39. The van der Waals surface area contributed by atoms with E-state index in [1.54, 1.807) is 0 Å². The summed E-state index contributed by atoms with van der Waals surface area (Å²) in [6.45, 7) is 8.19. The maximum absolute atomic E-state index is 12.2. The Balaban J connectivity index is 1.97. The second kappa shape index (κ2) is 4.12. The molecule has 3 atom stereocenters. The van der Waals surface area contributed by atoms with E-state index in [0.717, 1.165) is 13.1 Å². The van der Waals surface area contributed by atoms with E-state index < -0.39 is 0 Å². The van der Waals surface area contributed by atoms with Crippen molar-refractivity contribution < 1.29 is 4.79 Å². The Morgan fingerprint density at radius 3 is 2.67 bits per heavy atom. The highest BCUT2D eigenvalue weighted by Gasteiger charge is 2.37. The number of carbonyl (C=O) groups is 1. The van der Waals surface area contributed by atoms with Crippen molar-refractivity contribution in [3.63, 3.8) is 0 Å². The molecule has 3 heteroatoms. The normalized spacial score (nSPS) is 33.9. The highest BCUT2D eigenvalue weighted by atomic mass is 16.2. The van der Waals surface area contributed by atoms with Crippen LogP contribution in [0.4, 0.5) is 0 Å². The summed E-state index contributed by atoms with van der Waals surface area (Å²) in [6.07, 6.45) is 2.51. The average Bonchev–Trinajstić information content (AvgIpc) is 3.03. The third-order valence-corrected chi connectivity index (χ3v) is 3.77. The molecule has 0 aromatic heterocycles. The SMILES string of the molecule is CC1CN(C(=O)C(C)C2CC2)C(C)CN1. The molecule has 0 radical (unpaired) electrons. The molecular formula is C12H22N2O. The third-order valence-electron chi connectivity index (χ3n) is 3.77. The summed E-state index contributed by atoms with van der Waals surface area (Å²) < 4.78 is 0. The lowest BCUT2D eigenvalue weighted by atomic mass is 10.0. The Morgan fingerprint density at radius 2 is 2.07 bits per heavy atom. The first-order chi connectivity index (χ1) is 7.09. The Kier molecular flexibility index (Phi) is 3.01. The Bertz CT molecular complexity index is 250. The van der Waals surface area contributed by atoms with E-state index in [1.165, 1.54) is 12.8 Å². The van der Waals surface area contributed by atoms with E-state index in [-0.39, 0.29) is 5.92 Å². The van der Waals surface area contributed by atoms with Crippen LogP contribution in [0.15, 0.2) is 0 Å². The molecule has 15 heavy (non-hydrogen) atoms. The van der Waals surface area contributed by atoms with Gasteiger partial charge >= 0.3 is 0 Å². The molecule has 2 fully saturated rings. The van der Waals surface area contributed by atoms with Crippen LogP contribution in [0.2, 0.25) is 0 Å². The summed E-state index contributed by atoms with van der Waals surface area (Å²) in [5.74, 6) is 1.30. The number of nitrogens with zero attached hydrogens (tertiary/aromatic N) is 1. The average molecular weight is 210 g/mol. The molecule has 1 amide bonds. The Hall–Kier alpha value is -0.570. The first-order valence-electron chi connectivity index (χ1n) is 6.13. The molecule has 0 aromatic rings. The van der Waals surface area contributed by atoms with Crippen LogP contribution in [0.3, 0.4) is 0 Å². The van der Waals surface area contributed by atoms with E-state index >= 15 is 0 Å². The predicted molar refractivity (Wildman–Crippen MR) is 60.5 cm³/mol. The molecule has 2 aliphatic rings. The van der Waals surface area contributed by atoms with Gasteiger partial charge in [0.2, 0.25) is 5.91 Å². The number of piperazine rings is 1. The molecule has 1 N–H and O–H groups in total. The van der Waals surface area contributed by atoms with Gasteiger partial charge in [-0.1, -0.05) is 6.92 Å². The number of carbonyl (C=O) groups excluding carboxylic acids is 1. The van der Waals surface area contributed by atoms with Crippen LogP contribution in [-0.2, 0) is 4.79 Å². The van der Waals surface area contributed by atoms with Crippen molar-refractivity contribution in [2.24, 2.45) is 11.8 Å². The van der Waals surface area contributed by atoms with Gasteiger partial charge < -0.3 is 10.2 Å². The van der Waals surface area contributed by atoms with Crippen molar-refractivity contribution in [3.8, 4) is 0 Å². The zero-order valence-electron chi connectivity index (χ0n) is 9.99. The molecule has 3 nitrogen and oxygen atoms in total. The summed E-state index contributed by atoms with van der Waals surface area (Å²) in [6, 6.07) is 0.798. The zero-order valence-corrected chi connectivity index (χ0v) is 9.99. The van der Waals surface area contributed by atoms with Crippen molar-refractivity contribution in [3.05, 3.63) is 0 Å². The van der Waals surface area contributed by atoms with Crippen LogP contribution in [0.5, 0.6) is 0 Å². The highest BCUT2D eigenvalue weighted by Crippen LogP contribution is 2.37. The molecule has 86 valence electrons. The van der Waals surface area contributed by atoms with Crippen molar-refractivity contribution in [1.82, 2.24) is 10.2 Å². The van der Waals surface area contributed by atoms with Gasteiger partial charge in [0, 0.05) is 31.1 Å². The Labute approximate surface area is 92.2 Å². The van der Waals surface area contributed by atoms with Gasteiger partial charge in [0.05, 0.1) is 0 Å². The highest BCUT2D eigenvalue weighted by molar-refractivity contribution is 5.79. The summed E-state index contributed by atoms with van der Waals surface area (Å²) in [7, 11) is 0. The van der Waals surface area contributed by atoms with E-state index in [0.29, 0.717) is 23.9 Å². The molecule has 1 saturated heterocycles. The van der Waals surface area contributed by atoms with Crippen LogP contribution < -0.4 is 5.32 Å². The van der Waals surface area contributed by atoms with E-state index in [2.05, 4.69) is 31.0 Å². The number of hydrogen-bond acceptors (Lipinski definition) is 2. The third kappa shape index (κ3) is 2.33. The molecule has 3 unspecified atom stereocenters. The fourth-order valence-corrected chi connectivity index (χ4v) is 2.39. The van der Waals surface area contributed by atoms with E-state index in [9.17, 15) is 4.79 Å². The minimum Gasteiger partial charge on any atom is -0.337 e. The number of amides is 1. The van der Waals surface area contributed by atoms with Crippen molar-refractivity contribution in [2.45, 2.75) is 45.7 Å². The van der Waals surface area contributed by atoms with Crippen LogP contribution in [0.1, 0.15) is 33.6 Å². The van der Waals surface area contributed by atoms with Gasteiger partial charge in [-0.25, -0.2) is 0 Å². The molecule has 1 heterocycles. The van der Waals surface area contributed by atoms with Gasteiger partial charge in [-0.2, -0.15) is 0 Å². The zero-order chi connectivity index (χ0) is 11.0. The van der Waals surface area contributed by atoms with Gasteiger partial charge in [-0.05, 0) is 32.6 Å². The van der Waals surface area contributed by atoms with Gasteiger partial charge in [0.25, 0.3) is 0 Å². The van der Waals surface area contributed by atoms with E-state index in [4.69, 9.17) is 0 Å². The fourth-order valence-electron chi connectivity index (χ4n) is 2.39. The molecule has 1 saturated carbocycles. The van der Waals surface area contributed by atoms with Crippen LogP contribution in [-0.4, -0.2) is 36.0 Å². The fraction of sp³-hybridized carbons (Fsp3) is 0.917. The Morgan fingerprint density at radius 1 is 1.40 bits per heavy atom. The standard InChI is InChI=1S/C12H22N2O/c1-8-7-14(9(2)6-13-8)12(15)10(3)11-4-5-11/h8-11,13H,4-7H2,1-3H3. The minimum atomic E-state index is 0.248. The van der Waals surface area contributed by atoms with Gasteiger partial charge in [-0.15, -0.1) is 0 Å².